The number of thiophene rings is 1. The van der Waals surface area contributed by atoms with Gasteiger partial charge in [0.1, 0.15) is 6.10 Å². The van der Waals surface area contributed by atoms with E-state index in [4.69, 9.17) is 4.74 Å². The third-order valence-electron chi connectivity index (χ3n) is 5.55. The van der Waals surface area contributed by atoms with E-state index >= 15 is 0 Å². The molecule has 0 spiro atoms. The summed E-state index contributed by atoms with van der Waals surface area (Å²) in [6, 6.07) is 4.70. The minimum atomic E-state index is -0.260. The molecule has 1 amide bonds. The van der Waals surface area contributed by atoms with Crippen molar-refractivity contribution in [1.29, 1.82) is 0 Å². The fourth-order valence-electron chi connectivity index (χ4n) is 4.26. The Morgan fingerprint density at radius 1 is 1.33 bits per heavy atom. The molecule has 0 saturated carbocycles. The highest BCUT2D eigenvalue weighted by Gasteiger charge is 2.45. The van der Waals surface area contributed by atoms with Crippen molar-refractivity contribution in [3.05, 3.63) is 22.4 Å². The largest absolute Gasteiger partial charge is 0.363 e. The van der Waals surface area contributed by atoms with E-state index in [2.05, 4.69) is 32.6 Å². The van der Waals surface area contributed by atoms with Gasteiger partial charge in [-0.2, -0.15) is 0 Å². The lowest BCUT2D eigenvalue weighted by Crippen LogP contribution is -2.40. The van der Waals surface area contributed by atoms with Crippen molar-refractivity contribution in [2.75, 3.05) is 32.7 Å². The number of ether oxygens (including phenoxy) is 1. The molecule has 132 valence electrons. The molecule has 0 bridgehead atoms. The van der Waals surface area contributed by atoms with Crippen LogP contribution in [0.25, 0.3) is 0 Å². The molecule has 3 aliphatic heterocycles. The molecule has 3 fully saturated rings. The number of carbonyl (C=O) groups is 1. The van der Waals surface area contributed by atoms with Crippen LogP contribution in [-0.2, 0) is 16.1 Å². The van der Waals surface area contributed by atoms with Crippen LogP contribution in [0.4, 0.5) is 0 Å². The van der Waals surface area contributed by atoms with Crippen LogP contribution in [0.2, 0.25) is 0 Å². The molecule has 3 atom stereocenters. The number of carbonyl (C=O) groups excluding carboxylic acids is 1. The normalized spacial score (nSPS) is 30.8. The molecule has 5 nitrogen and oxygen atoms in total. The van der Waals surface area contributed by atoms with Crippen LogP contribution in [0.15, 0.2) is 17.5 Å². The molecule has 1 aromatic rings. The summed E-state index contributed by atoms with van der Waals surface area (Å²) in [5, 5.41) is 5.21. The Balaban J connectivity index is 1.24. The Labute approximate surface area is 148 Å². The zero-order chi connectivity index (χ0) is 16.4. The third kappa shape index (κ3) is 3.67. The summed E-state index contributed by atoms with van der Waals surface area (Å²) in [7, 11) is 0. The van der Waals surface area contributed by atoms with Crippen molar-refractivity contribution in [3.63, 3.8) is 0 Å². The maximum atomic E-state index is 12.4. The molecule has 0 radical (unpaired) electrons. The molecule has 6 heteroatoms. The number of amides is 1. The van der Waals surface area contributed by atoms with Gasteiger partial charge < -0.3 is 15.0 Å². The van der Waals surface area contributed by atoms with Gasteiger partial charge in [0.25, 0.3) is 0 Å². The molecule has 3 aliphatic rings. The minimum Gasteiger partial charge on any atom is -0.363 e. The van der Waals surface area contributed by atoms with E-state index in [1.54, 1.807) is 0 Å². The highest BCUT2D eigenvalue weighted by atomic mass is 32.1. The molecule has 0 aromatic carbocycles. The van der Waals surface area contributed by atoms with Gasteiger partial charge in [-0.15, -0.1) is 11.3 Å². The van der Waals surface area contributed by atoms with Gasteiger partial charge in [0.05, 0.1) is 6.10 Å². The van der Waals surface area contributed by atoms with E-state index in [0.29, 0.717) is 6.04 Å². The van der Waals surface area contributed by atoms with Crippen molar-refractivity contribution < 1.29 is 9.53 Å². The van der Waals surface area contributed by atoms with Crippen LogP contribution in [0, 0.1) is 0 Å². The second-order valence-electron chi connectivity index (χ2n) is 7.14. The molecule has 1 aromatic heterocycles. The highest BCUT2D eigenvalue weighted by Crippen LogP contribution is 2.34. The fourth-order valence-corrected chi connectivity index (χ4v) is 4.99. The third-order valence-corrected chi connectivity index (χ3v) is 6.41. The molecule has 1 N–H and O–H groups in total. The highest BCUT2D eigenvalue weighted by molar-refractivity contribution is 7.09. The van der Waals surface area contributed by atoms with Crippen LogP contribution in [0.1, 0.15) is 30.6 Å². The number of nitrogens with one attached hydrogen (secondary N) is 1. The number of fused-ring (bicyclic) bond motifs is 1. The van der Waals surface area contributed by atoms with Crippen LogP contribution >= 0.6 is 11.3 Å². The van der Waals surface area contributed by atoms with Crippen molar-refractivity contribution in [2.24, 2.45) is 0 Å². The van der Waals surface area contributed by atoms with Gasteiger partial charge in [-0.05, 0) is 43.8 Å². The van der Waals surface area contributed by atoms with Crippen LogP contribution in [0.5, 0.6) is 0 Å². The zero-order valence-electron chi connectivity index (χ0n) is 14.2. The smallest absolute Gasteiger partial charge is 0.249 e. The Hall–Kier alpha value is -0.950. The number of hydrogen-bond donors (Lipinski definition) is 1. The van der Waals surface area contributed by atoms with Gasteiger partial charge in [0, 0.05) is 43.5 Å². The van der Waals surface area contributed by atoms with Crippen molar-refractivity contribution in [3.8, 4) is 0 Å². The average molecular weight is 350 g/mol. The van der Waals surface area contributed by atoms with Gasteiger partial charge in [0.15, 0.2) is 0 Å². The molecule has 24 heavy (non-hydrogen) atoms. The topological polar surface area (TPSA) is 44.8 Å². The maximum Gasteiger partial charge on any atom is 0.249 e. The quantitative estimate of drug-likeness (QED) is 0.849. The number of nitrogens with zero attached hydrogens (tertiary/aromatic N) is 2. The summed E-state index contributed by atoms with van der Waals surface area (Å²) in [6.45, 7) is 6.14. The fraction of sp³-hybridized carbons (Fsp3) is 0.722. The lowest BCUT2D eigenvalue weighted by molar-refractivity contribution is -0.132. The second kappa shape index (κ2) is 7.52. The Morgan fingerprint density at radius 3 is 3.00 bits per heavy atom. The zero-order valence-corrected chi connectivity index (χ0v) is 15.0. The second-order valence-corrected chi connectivity index (χ2v) is 8.18. The molecular weight excluding hydrogens is 322 g/mol. The van der Waals surface area contributed by atoms with Crippen LogP contribution in [-0.4, -0.2) is 66.7 Å². The first kappa shape index (κ1) is 16.5. The summed E-state index contributed by atoms with van der Waals surface area (Å²) in [6.07, 6.45) is 4.45. The lowest BCUT2D eigenvalue weighted by Gasteiger charge is -2.22. The molecular formula is C18H27N3O2S. The lowest BCUT2D eigenvalue weighted by atomic mass is 10.1. The van der Waals surface area contributed by atoms with E-state index in [1.807, 2.05) is 11.3 Å². The van der Waals surface area contributed by atoms with Gasteiger partial charge in [-0.1, -0.05) is 6.07 Å². The molecule has 0 aliphatic carbocycles. The van der Waals surface area contributed by atoms with E-state index in [-0.39, 0.29) is 18.1 Å². The Kier molecular flexibility index (Phi) is 5.17. The van der Waals surface area contributed by atoms with Crippen molar-refractivity contribution >= 4 is 17.2 Å². The standard InChI is InChI=1S/C18H27N3O2S/c22-18(19-6-10-20-7-1-2-8-20)17-12-15-16(23-17)5-9-21(15)13-14-4-3-11-24-14/h3-4,11,15-17H,1-2,5-10,12-13H2,(H,19,22)/t15-,16-,17+/m1/s1. The predicted molar refractivity (Wildman–Crippen MR) is 95.1 cm³/mol. The number of rotatable bonds is 6. The summed E-state index contributed by atoms with van der Waals surface area (Å²) < 4.78 is 6.06. The predicted octanol–water partition coefficient (Wildman–Crippen LogP) is 1.69. The first-order chi connectivity index (χ1) is 11.8. The van der Waals surface area contributed by atoms with Gasteiger partial charge in [-0.25, -0.2) is 0 Å². The summed E-state index contributed by atoms with van der Waals surface area (Å²) in [4.78, 5) is 18.7. The SMILES string of the molecule is O=C(NCCN1CCCC1)[C@@H]1C[C@@H]2[C@@H](CCN2Cc2cccs2)O1. The maximum absolute atomic E-state index is 12.4. The van der Waals surface area contributed by atoms with Crippen molar-refractivity contribution in [2.45, 2.75) is 50.5 Å². The van der Waals surface area contributed by atoms with Crippen molar-refractivity contribution in [1.82, 2.24) is 15.1 Å². The first-order valence-electron chi connectivity index (χ1n) is 9.21. The Morgan fingerprint density at radius 2 is 2.21 bits per heavy atom. The van der Waals surface area contributed by atoms with E-state index < -0.39 is 0 Å². The van der Waals surface area contributed by atoms with Gasteiger partial charge in [0.2, 0.25) is 5.91 Å². The van der Waals surface area contributed by atoms with E-state index in [0.717, 1.165) is 39.0 Å². The number of likely N-dealkylation sites (tertiary alicyclic amines) is 2. The first-order valence-corrected chi connectivity index (χ1v) is 10.1. The summed E-state index contributed by atoms with van der Waals surface area (Å²) in [5.41, 5.74) is 0. The van der Waals surface area contributed by atoms with Crippen LogP contribution < -0.4 is 5.32 Å². The molecule has 3 saturated heterocycles. The van der Waals surface area contributed by atoms with E-state index in [1.165, 1.54) is 30.8 Å². The average Bonchev–Trinajstić information content (AvgIpc) is 3.34. The van der Waals surface area contributed by atoms with E-state index in [9.17, 15) is 4.79 Å². The summed E-state index contributed by atoms with van der Waals surface area (Å²) >= 11 is 1.81. The number of hydrogen-bond acceptors (Lipinski definition) is 5. The van der Waals surface area contributed by atoms with Crippen LogP contribution in [0.3, 0.4) is 0 Å². The summed E-state index contributed by atoms with van der Waals surface area (Å²) in [5.74, 6) is 0.0830. The molecule has 0 unspecified atom stereocenters. The van der Waals surface area contributed by atoms with Gasteiger partial charge >= 0.3 is 0 Å². The minimum absolute atomic E-state index is 0.0830. The van der Waals surface area contributed by atoms with Gasteiger partial charge in [-0.3, -0.25) is 9.69 Å². The molecule has 4 rings (SSSR count). The molecule has 4 heterocycles. The monoisotopic (exact) mass is 349 g/mol. The Bertz CT molecular complexity index is 544.